The topological polar surface area (TPSA) is 110 Å². The number of hydrogen-bond acceptors (Lipinski definition) is 5. The van der Waals surface area contributed by atoms with E-state index < -0.39 is 59.7 Å². The lowest BCUT2D eigenvalue weighted by molar-refractivity contribution is -0.188. The lowest BCUT2D eigenvalue weighted by atomic mass is 9.78. The van der Waals surface area contributed by atoms with Crippen LogP contribution in [0.3, 0.4) is 0 Å². The van der Waals surface area contributed by atoms with Gasteiger partial charge in [0.25, 0.3) is 17.7 Å². The summed E-state index contributed by atoms with van der Waals surface area (Å²) in [5.41, 5.74) is -1.35. The molecule has 8 nitrogen and oxygen atoms in total. The fourth-order valence-corrected chi connectivity index (χ4v) is 5.23. The van der Waals surface area contributed by atoms with Gasteiger partial charge >= 0.3 is 0 Å². The zero-order valence-electron chi connectivity index (χ0n) is 20.8. The van der Waals surface area contributed by atoms with Crippen molar-refractivity contribution in [1.29, 1.82) is 0 Å². The van der Waals surface area contributed by atoms with Crippen molar-refractivity contribution in [2.24, 2.45) is 0 Å². The Kier molecular flexibility index (Phi) is 7.00. The highest BCUT2D eigenvalue weighted by atomic mass is 19.3. The van der Waals surface area contributed by atoms with Crippen molar-refractivity contribution in [2.45, 2.75) is 49.9 Å². The van der Waals surface area contributed by atoms with Gasteiger partial charge in [0.05, 0.1) is 12.6 Å². The van der Waals surface area contributed by atoms with E-state index in [9.17, 15) is 29.0 Å². The summed E-state index contributed by atoms with van der Waals surface area (Å²) < 4.78 is 44.1. The highest BCUT2D eigenvalue weighted by molar-refractivity contribution is 5.99. The number of phenols is 1. The maximum absolute atomic E-state index is 15.1. The van der Waals surface area contributed by atoms with Gasteiger partial charge in [-0.25, -0.2) is 13.2 Å². The SMILES string of the molecule is C=CCN1C(=O)C2N(C(=O)[C@@H](O)[C@H](Cc3cccc(F)c3)NC(=O)c3cccc(O)c3C)CC(F)(F)C21C. The van der Waals surface area contributed by atoms with Gasteiger partial charge in [0.2, 0.25) is 5.91 Å². The average Bonchev–Trinajstić information content (AvgIpc) is 3.05. The van der Waals surface area contributed by atoms with E-state index in [1.807, 2.05) is 0 Å². The molecule has 11 heteroatoms. The Hall–Kier alpha value is -3.86. The number of halogens is 3. The van der Waals surface area contributed by atoms with Gasteiger partial charge in [0.15, 0.2) is 6.10 Å². The molecule has 4 rings (SSSR count). The molecule has 4 atom stereocenters. The Balaban J connectivity index is 1.63. The summed E-state index contributed by atoms with van der Waals surface area (Å²) in [6, 6.07) is 6.63. The molecule has 38 heavy (non-hydrogen) atoms. The van der Waals surface area contributed by atoms with E-state index in [4.69, 9.17) is 0 Å². The van der Waals surface area contributed by atoms with Gasteiger partial charge in [-0.05, 0) is 50.1 Å². The maximum atomic E-state index is 15.1. The molecule has 2 aliphatic heterocycles. The second-order valence-corrected chi connectivity index (χ2v) is 9.77. The molecule has 2 fully saturated rings. The molecule has 2 aliphatic rings. The van der Waals surface area contributed by atoms with E-state index in [-0.39, 0.29) is 29.8 Å². The number of benzene rings is 2. The molecule has 0 saturated carbocycles. The molecule has 3 N–H and O–H groups in total. The molecule has 0 spiro atoms. The number of aliphatic hydroxyl groups excluding tert-OH is 1. The minimum atomic E-state index is -3.47. The van der Waals surface area contributed by atoms with Crippen LogP contribution in [0.5, 0.6) is 5.75 Å². The second kappa shape index (κ2) is 9.79. The maximum Gasteiger partial charge on any atom is 0.290 e. The Morgan fingerprint density at radius 1 is 1.26 bits per heavy atom. The normalized spacial score (nSPS) is 23.3. The minimum absolute atomic E-state index is 0.0587. The largest absolute Gasteiger partial charge is 0.508 e. The molecule has 0 radical (unpaired) electrons. The number of β-lactam (4-membered cyclic amide) rings is 1. The number of carbonyl (C=O) groups is 3. The van der Waals surface area contributed by atoms with Gasteiger partial charge in [-0.1, -0.05) is 24.3 Å². The lowest BCUT2D eigenvalue weighted by Gasteiger charge is -2.54. The minimum Gasteiger partial charge on any atom is -0.508 e. The fraction of sp³-hybridized carbons (Fsp3) is 0.370. The van der Waals surface area contributed by atoms with E-state index in [0.717, 1.165) is 11.0 Å². The third-order valence-corrected chi connectivity index (χ3v) is 7.45. The Bertz CT molecular complexity index is 1300. The smallest absolute Gasteiger partial charge is 0.290 e. The molecule has 0 aromatic heterocycles. The molecule has 0 bridgehead atoms. The van der Waals surface area contributed by atoms with Crippen molar-refractivity contribution < 1.29 is 37.8 Å². The van der Waals surface area contributed by atoms with Crippen LogP contribution in [-0.2, 0) is 16.0 Å². The number of carbonyl (C=O) groups excluding carboxylic acids is 3. The first-order valence-corrected chi connectivity index (χ1v) is 12.0. The number of aromatic hydroxyl groups is 1. The third-order valence-electron chi connectivity index (χ3n) is 7.45. The molecule has 2 unspecified atom stereocenters. The molecule has 0 aliphatic carbocycles. The van der Waals surface area contributed by atoms with Gasteiger partial charge in [-0.2, -0.15) is 0 Å². The highest BCUT2D eigenvalue weighted by Gasteiger charge is 2.77. The number of nitrogens with zero attached hydrogens (tertiary/aromatic N) is 2. The number of amides is 3. The standard InChI is InChI=1S/C27H28F3N3O5/c1-4-11-33-25(38)22-26(33,3)27(29,30)14-32(22)24(37)21(35)19(13-16-7-5-8-17(28)12-16)31-23(36)18-9-6-10-20(34)15(18)2/h4-10,12,19,21-22,34-35H,1,11,13-14H2,2-3H3,(H,31,36)/t19-,21-,22?,26?/m0/s1. The third kappa shape index (κ3) is 4.30. The van der Waals surface area contributed by atoms with Gasteiger partial charge in [0, 0.05) is 17.7 Å². The van der Waals surface area contributed by atoms with Crippen molar-refractivity contribution in [3.05, 3.63) is 77.6 Å². The number of alkyl halides is 2. The average molecular weight is 532 g/mol. The number of rotatable bonds is 8. The number of aliphatic hydroxyl groups is 1. The van der Waals surface area contributed by atoms with Crippen LogP contribution in [0.2, 0.25) is 0 Å². The summed E-state index contributed by atoms with van der Waals surface area (Å²) in [6.45, 7) is 4.93. The van der Waals surface area contributed by atoms with Gasteiger partial charge in [-0.3, -0.25) is 14.4 Å². The number of fused-ring (bicyclic) bond motifs is 1. The van der Waals surface area contributed by atoms with E-state index in [2.05, 4.69) is 11.9 Å². The number of nitrogens with one attached hydrogen (secondary N) is 1. The van der Waals surface area contributed by atoms with Gasteiger partial charge in [0.1, 0.15) is 23.1 Å². The monoisotopic (exact) mass is 531 g/mol. The molecule has 202 valence electrons. The second-order valence-electron chi connectivity index (χ2n) is 9.77. The Morgan fingerprint density at radius 3 is 2.61 bits per heavy atom. The zero-order chi connectivity index (χ0) is 28.0. The number of hydrogen-bond donors (Lipinski definition) is 3. The summed E-state index contributed by atoms with van der Waals surface area (Å²) in [5.74, 6) is -6.83. The number of phenolic OH excluding ortho intramolecular Hbond substituents is 1. The molecule has 3 amide bonds. The van der Waals surface area contributed by atoms with E-state index in [1.54, 1.807) is 0 Å². The summed E-state index contributed by atoms with van der Waals surface area (Å²) in [4.78, 5) is 40.8. The van der Waals surface area contributed by atoms with Crippen molar-refractivity contribution in [2.75, 3.05) is 13.1 Å². The summed E-state index contributed by atoms with van der Waals surface area (Å²) in [5, 5.41) is 23.6. The zero-order valence-corrected chi connectivity index (χ0v) is 20.8. The lowest BCUT2D eigenvalue weighted by Crippen LogP contribution is -2.78. The van der Waals surface area contributed by atoms with Crippen LogP contribution in [0.1, 0.15) is 28.4 Å². The fourth-order valence-electron chi connectivity index (χ4n) is 5.23. The summed E-state index contributed by atoms with van der Waals surface area (Å²) in [7, 11) is 0. The van der Waals surface area contributed by atoms with Crippen LogP contribution in [0, 0.1) is 12.7 Å². The molecular formula is C27H28F3N3O5. The summed E-state index contributed by atoms with van der Waals surface area (Å²) >= 11 is 0. The van der Waals surface area contributed by atoms with Crippen LogP contribution >= 0.6 is 0 Å². The van der Waals surface area contributed by atoms with Crippen LogP contribution in [0.15, 0.2) is 55.1 Å². The van der Waals surface area contributed by atoms with Crippen molar-refractivity contribution >= 4 is 17.7 Å². The van der Waals surface area contributed by atoms with Gasteiger partial charge < -0.3 is 25.3 Å². The molecule has 2 aromatic carbocycles. The first-order chi connectivity index (χ1) is 17.8. The van der Waals surface area contributed by atoms with Crippen LogP contribution in [0.4, 0.5) is 13.2 Å². The molecule has 2 heterocycles. The molecular weight excluding hydrogens is 503 g/mol. The predicted molar refractivity (Wildman–Crippen MR) is 131 cm³/mol. The first kappa shape index (κ1) is 27.2. The number of likely N-dealkylation sites (tertiary alicyclic amines) is 2. The van der Waals surface area contributed by atoms with Crippen molar-refractivity contribution in [3.8, 4) is 5.75 Å². The van der Waals surface area contributed by atoms with Gasteiger partial charge in [-0.15, -0.1) is 6.58 Å². The van der Waals surface area contributed by atoms with Crippen molar-refractivity contribution in [1.82, 2.24) is 15.1 Å². The van der Waals surface area contributed by atoms with E-state index >= 15 is 8.78 Å². The van der Waals surface area contributed by atoms with Crippen LogP contribution < -0.4 is 5.32 Å². The van der Waals surface area contributed by atoms with E-state index in [0.29, 0.717) is 10.5 Å². The van der Waals surface area contributed by atoms with E-state index in [1.165, 1.54) is 56.3 Å². The predicted octanol–water partition coefficient (Wildman–Crippen LogP) is 2.17. The summed E-state index contributed by atoms with van der Waals surface area (Å²) in [6.07, 6.45) is -0.959. The van der Waals surface area contributed by atoms with Crippen LogP contribution in [-0.4, -0.2) is 80.5 Å². The van der Waals surface area contributed by atoms with Crippen LogP contribution in [0.25, 0.3) is 0 Å². The quantitative estimate of drug-likeness (QED) is 0.357. The van der Waals surface area contributed by atoms with Crippen molar-refractivity contribution in [3.63, 3.8) is 0 Å². The Labute approximate surface area is 217 Å². The molecule has 2 aromatic rings. The Morgan fingerprint density at radius 2 is 1.95 bits per heavy atom. The molecule has 2 saturated heterocycles. The first-order valence-electron chi connectivity index (χ1n) is 12.0. The highest BCUT2D eigenvalue weighted by Crippen LogP contribution is 2.52.